The van der Waals surface area contributed by atoms with Crippen LogP contribution in [0, 0.1) is 63.2 Å². The molecule has 0 radical (unpaired) electrons. The van der Waals surface area contributed by atoms with Gasteiger partial charge in [-0.3, -0.25) is 29.8 Å². The number of aliphatic hydroxyl groups is 10. The average molecular weight is 1610 g/mol. The van der Waals surface area contributed by atoms with Gasteiger partial charge < -0.3 is 86.6 Å². The van der Waals surface area contributed by atoms with Crippen molar-refractivity contribution in [2.24, 2.45) is 5.73 Å². The zero-order chi connectivity index (χ0) is 82.2. The minimum Gasteiger partial charge on any atom is -0.505 e. The van der Waals surface area contributed by atoms with E-state index in [4.69, 9.17) is 116 Å². The van der Waals surface area contributed by atoms with Crippen LogP contribution in [0.2, 0.25) is 10.0 Å². The minimum absolute atomic E-state index is 0.00620. The Morgan fingerprint density at radius 2 is 0.882 bits per heavy atom. The number of carbonyl (C=O) groups excluding carboxylic acids is 2. The average Bonchev–Trinajstić information content (AvgIpc) is 1.69. The maximum absolute atomic E-state index is 14.2. The van der Waals surface area contributed by atoms with E-state index >= 15 is 0 Å². The normalized spacial score (nSPS) is 11.8. The van der Waals surface area contributed by atoms with Crippen molar-refractivity contribution < 1.29 is 117 Å². The zero-order valence-electron chi connectivity index (χ0n) is 59.3. The third-order valence-electron chi connectivity index (χ3n) is 13.8. The number of hydrogen-bond acceptors (Lipinski definition) is 25. The first-order chi connectivity index (χ1) is 52.2. The van der Waals surface area contributed by atoms with Crippen LogP contribution in [0.5, 0.6) is 28.7 Å². The minimum atomic E-state index is -1.12. The number of aromatic hydroxyl groups is 1. The first-order valence-corrected chi connectivity index (χ1v) is 34.0. The number of halogens is 8. The van der Waals surface area contributed by atoms with Gasteiger partial charge in [0.1, 0.15) is 62.4 Å². The van der Waals surface area contributed by atoms with Gasteiger partial charge in [-0.2, -0.15) is 10.2 Å². The summed E-state index contributed by atoms with van der Waals surface area (Å²) in [7, 11) is 0. The van der Waals surface area contributed by atoms with Gasteiger partial charge in [0.15, 0.2) is 57.8 Å². The maximum Gasteiger partial charge on any atom is 0.272 e. The largest absolute Gasteiger partial charge is 0.505 e. The molecule has 29 nitrogen and oxygen atoms in total. The van der Waals surface area contributed by atoms with E-state index in [0.717, 1.165) is 70.5 Å². The molecule has 15 N–H and O–H groups in total. The van der Waals surface area contributed by atoms with E-state index in [1.807, 2.05) is 73.1 Å². The molecule has 0 spiro atoms. The highest BCUT2D eigenvalue weighted by atomic mass is 35.5. The number of nitrogen functional groups attached to an aromatic ring is 1. The number of benzene rings is 7. The van der Waals surface area contributed by atoms with Gasteiger partial charge in [-0.25, -0.2) is 31.3 Å². The second kappa shape index (κ2) is 49.9. The lowest BCUT2D eigenvalue weighted by Gasteiger charge is -2.11. The molecule has 5 atom stereocenters. The van der Waals surface area contributed by atoms with Crippen molar-refractivity contribution in [2.45, 2.75) is 83.5 Å². The molecule has 0 fully saturated rings. The molecule has 0 aliphatic rings. The Morgan fingerprint density at radius 1 is 0.509 bits per heavy atom. The van der Waals surface area contributed by atoms with Crippen LogP contribution < -0.4 is 30.4 Å². The Balaban J connectivity index is 0.000000348. The predicted molar refractivity (Wildman–Crippen MR) is 395 cm³/mol. The van der Waals surface area contributed by atoms with Crippen molar-refractivity contribution in [3.63, 3.8) is 0 Å². The number of aliphatic hydroxyl groups excluding tert-OH is 10. The number of aryl methyl sites for hydroxylation is 3. The number of non-ortho nitro benzene ring substituents is 2. The van der Waals surface area contributed by atoms with Crippen molar-refractivity contribution in [1.82, 2.24) is 19.6 Å². The summed E-state index contributed by atoms with van der Waals surface area (Å²) < 4.78 is 89.7. The topological polar surface area (TPSA) is 468 Å². The Labute approximate surface area is 641 Å². The number of ether oxygens (including phenoxy) is 4. The van der Waals surface area contributed by atoms with E-state index in [2.05, 4.69) is 10.2 Å². The number of nitrogens with two attached hydrogens (primary N) is 2. The summed E-state index contributed by atoms with van der Waals surface area (Å²) in [5.74, 6) is -4.48. The Hall–Kier alpha value is -10.0. The molecule has 2 aromatic heterocycles. The van der Waals surface area contributed by atoms with Gasteiger partial charge in [0.2, 0.25) is 0 Å². The molecule has 598 valence electrons. The van der Waals surface area contributed by atoms with Crippen LogP contribution in [-0.4, -0.2) is 193 Å². The summed E-state index contributed by atoms with van der Waals surface area (Å²) in [4.78, 5) is 42.2. The molecule has 0 saturated heterocycles. The Bertz CT molecular complexity index is 4340. The number of rotatable bonds is 30. The molecular weight excluding hydrogens is 1530 g/mol. The fourth-order valence-electron chi connectivity index (χ4n) is 8.47. The monoisotopic (exact) mass is 1610 g/mol. The molecule has 0 bridgehead atoms. The van der Waals surface area contributed by atoms with E-state index < -0.39 is 102 Å². The number of nitro groups is 2. The number of alkyl halides is 1. The summed E-state index contributed by atoms with van der Waals surface area (Å²) >= 11 is 17.0. The van der Waals surface area contributed by atoms with Gasteiger partial charge in [-0.1, -0.05) is 47.5 Å². The molecule has 2 heterocycles. The van der Waals surface area contributed by atoms with Gasteiger partial charge in [0, 0.05) is 65.4 Å². The highest BCUT2D eigenvalue weighted by Gasteiger charge is 2.18. The van der Waals surface area contributed by atoms with Crippen LogP contribution in [0.3, 0.4) is 0 Å². The fraction of sp³-hybridized carbons (Fsp3) is 0.315. The van der Waals surface area contributed by atoms with E-state index in [0.29, 0.717) is 45.9 Å². The predicted octanol–water partition coefficient (Wildman–Crippen LogP) is 8.06. The number of nitrogens with zero attached hydrogens (tertiary/aromatic N) is 6. The van der Waals surface area contributed by atoms with Crippen LogP contribution in [0.1, 0.15) is 47.2 Å². The van der Waals surface area contributed by atoms with Crippen LogP contribution in [0.25, 0.3) is 11.4 Å². The summed E-state index contributed by atoms with van der Waals surface area (Å²) in [6.07, 6.45) is -3.93. The number of Topliss-reactive ketones (excluding diaryl/α,β-unsaturated/α-hetero) is 2. The number of phenolic OH excluding ortho intramolecular Hbond substituents is 1. The lowest BCUT2D eigenvalue weighted by molar-refractivity contribution is -0.385. The van der Waals surface area contributed by atoms with Crippen molar-refractivity contribution in [2.75, 3.05) is 71.1 Å². The third-order valence-corrected chi connectivity index (χ3v) is 14.6. The third kappa shape index (κ3) is 35.1. The van der Waals surface area contributed by atoms with Gasteiger partial charge in [-0.15, -0.1) is 11.6 Å². The van der Waals surface area contributed by atoms with Gasteiger partial charge in [-0.05, 0) is 135 Å². The van der Waals surface area contributed by atoms with E-state index in [9.17, 15) is 56.9 Å². The van der Waals surface area contributed by atoms with Gasteiger partial charge in [0.05, 0.1) is 95.5 Å². The summed E-state index contributed by atoms with van der Waals surface area (Å²) in [6, 6.07) is 36.8. The molecule has 0 amide bonds. The lowest BCUT2D eigenvalue weighted by Crippen LogP contribution is -2.21. The second-order valence-electron chi connectivity index (χ2n) is 23.2. The number of anilines is 1. The van der Waals surface area contributed by atoms with E-state index in [1.54, 1.807) is 22.9 Å². The van der Waals surface area contributed by atoms with Crippen molar-refractivity contribution >= 4 is 63.4 Å². The second-order valence-corrected chi connectivity index (χ2v) is 24.4. The first kappa shape index (κ1) is 94.2. The molecule has 7 aromatic carbocycles. The maximum atomic E-state index is 14.2. The first-order valence-electron chi connectivity index (χ1n) is 32.7. The number of carbonyl (C=O) groups is 2. The SMILES string of the molecule is CC(=O)Cc1ccc(OCC(O)CO)c(F)c1.Cc1cc(CCC(=O)Cc2ccc(OCC(O)CO)c(F)c2)n(-c2cccc(Cl)c2)n1.Cc1cc(CN)n(-c2cccc(Cl)c2)n1.Nc1ccc(OCC(O)CO)c(F)c1.O=[N+]([O-])c1ccc(O)c(F)c1.O=[N+]([O-])c1ccc(OCC(O)CO)c(F)c1.OCC(O)CCl. The van der Waals surface area contributed by atoms with E-state index in [-0.39, 0.29) is 104 Å². The number of ketones is 2. The quantitative estimate of drug-likeness (QED) is 0.00665. The van der Waals surface area contributed by atoms with E-state index in [1.165, 1.54) is 43.3 Å². The molecule has 9 rings (SSSR count). The van der Waals surface area contributed by atoms with Crippen LogP contribution in [0.15, 0.2) is 152 Å². The summed E-state index contributed by atoms with van der Waals surface area (Å²) in [6.45, 7) is 2.81. The standard InChI is InChI=1S/C23H24ClFN2O4.C12H15FO4.C11H12ClN3.C9H10FNO5.C9H12FNO3.C6H4FNO3.C3H7ClO2/c1-15-9-19(27(26-15)18-4-2-3-17(24)12-18)6-7-20(29)10-16-5-8-23(22(25)11-16)31-14-21(30)13-28;1-8(15)4-9-2-3-12(11(13)5-9)17-7-10(16)6-14;1-8-5-11(7-13)15(14-8)10-4-2-3-9(12)6-10;10-8-3-6(11(14)15)1-2-9(8)16-5-7(13)4-12;10-8-3-6(11)1-2-9(8)14-5-7(13)4-12;7-5-3-4(8(10)11)1-2-6(5)9;4-1-3(6)2-5/h2-5,8-9,11-12,21,28,30H,6-7,10,13-14H2,1H3;2-3,5,10,14,16H,4,6-7H2,1H3;2-6H,7,13H2,1H3;1-3,7,12-13H,4-5H2;1-3,7,12-13H,4-5,11H2;1-3,9H;3,5-6H,1-2H2. The summed E-state index contributed by atoms with van der Waals surface area (Å²) in [5.41, 5.74) is 17.1. The number of nitro benzene ring substituents is 2. The molecule has 0 aliphatic heterocycles. The highest BCUT2D eigenvalue weighted by Crippen LogP contribution is 2.26. The Morgan fingerprint density at radius 3 is 1.24 bits per heavy atom. The highest BCUT2D eigenvalue weighted by molar-refractivity contribution is 6.31. The molecule has 9 aromatic rings. The van der Waals surface area contributed by atoms with Crippen LogP contribution in [-0.2, 0) is 35.4 Å². The van der Waals surface area contributed by atoms with Crippen molar-refractivity contribution in [1.29, 1.82) is 0 Å². The van der Waals surface area contributed by atoms with Crippen molar-refractivity contribution in [3.05, 3.63) is 245 Å². The number of phenols is 1. The smallest absolute Gasteiger partial charge is 0.272 e. The Kier molecular flexibility index (Phi) is 42.7. The van der Waals surface area contributed by atoms with Crippen LogP contribution in [0.4, 0.5) is 39.0 Å². The molecule has 0 saturated carbocycles. The number of hydrogen-bond donors (Lipinski definition) is 13. The number of aromatic nitrogens is 4. The molecular formula is C73H84Cl3F5N8O21. The van der Waals surface area contributed by atoms with Gasteiger partial charge in [0.25, 0.3) is 11.4 Å². The fourth-order valence-corrected chi connectivity index (χ4v) is 8.94. The lowest BCUT2D eigenvalue weighted by atomic mass is 10.0. The molecule has 110 heavy (non-hydrogen) atoms. The van der Waals surface area contributed by atoms with Crippen LogP contribution >= 0.6 is 34.8 Å². The van der Waals surface area contributed by atoms with Gasteiger partial charge >= 0.3 is 0 Å². The zero-order valence-corrected chi connectivity index (χ0v) is 61.6. The van der Waals surface area contributed by atoms with Crippen molar-refractivity contribution in [3.8, 4) is 40.1 Å². The molecule has 0 aliphatic carbocycles. The molecule has 37 heteroatoms. The molecule has 5 unspecified atom stereocenters. The summed E-state index contributed by atoms with van der Waals surface area (Å²) in [5, 5.41) is 126.